The third-order valence-electron chi connectivity index (χ3n) is 4.84. The van der Waals surface area contributed by atoms with Gasteiger partial charge in [-0.2, -0.15) is 5.10 Å². The third kappa shape index (κ3) is 3.94. The second kappa shape index (κ2) is 7.39. The largest absolute Gasteiger partial charge is 0.448 e. The van der Waals surface area contributed by atoms with Crippen LogP contribution < -0.4 is 5.32 Å². The zero-order valence-electron chi connectivity index (χ0n) is 16.2. The molecule has 3 aromatic rings. The number of hydrogen-bond donors (Lipinski definition) is 1. The number of amides is 1. The van der Waals surface area contributed by atoms with Crippen molar-refractivity contribution in [2.24, 2.45) is 0 Å². The van der Waals surface area contributed by atoms with Crippen molar-refractivity contribution in [3.63, 3.8) is 0 Å². The number of fused-ring (bicyclic) bond motifs is 1. The van der Waals surface area contributed by atoms with E-state index in [9.17, 15) is 9.59 Å². The standard InChI is InChI=1S/C21H23N3O3S/c1-12-4-6-15(7-5-12)11-24-20-17(13(2)23-24)10-18(28-20)21(26)27-14(3)19(25)22-16-8-9-16/h4-7,10,14,16H,8-9,11H2,1-3H3,(H,22,25). The van der Waals surface area contributed by atoms with Gasteiger partial charge in [-0.25, -0.2) is 4.79 Å². The number of thiophene rings is 1. The summed E-state index contributed by atoms with van der Waals surface area (Å²) in [7, 11) is 0. The lowest BCUT2D eigenvalue weighted by Crippen LogP contribution is -2.36. The van der Waals surface area contributed by atoms with Crippen LogP contribution >= 0.6 is 11.3 Å². The van der Waals surface area contributed by atoms with Crippen molar-refractivity contribution >= 4 is 33.4 Å². The molecule has 1 N–H and O–H groups in total. The molecule has 1 amide bonds. The van der Waals surface area contributed by atoms with Gasteiger partial charge in [0.2, 0.25) is 0 Å². The summed E-state index contributed by atoms with van der Waals surface area (Å²) in [6.07, 6.45) is 1.20. The summed E-state index contributed by atoms with van der Waals surface area (Å²) in [5.74, 6) is -0.709. The first-order valence-electron chi connectivity index (χ1n) is 9.44. The van der Waals surface area contributed by atoms with E-state index in [4.69, 9.17) is 4.74 Å². The monoisotopic (exact) mass is 397 g/mol. The Morgan fingerprint density at radius 3 is 2.68 bits per heavy atom. The molecule has 1 saturated carbocycles. The number of nitrogens with one attached hydrogen (secondary N) is 1. The molecule has 28 heavy (non-hydrogen) atoms. The van der Waals surface area contributed by atoms with Crippen molar-refractivity contribution in [1.82, 2.24) is 15.1 Å². The van der Waals surface area contributed by atoms with Crippen molar-refractivity contribution in [2.75, 3.05) is 0 Å². The van der Waals surface area contributed by atoms with Gasteiger partial charge in [0.15, 0.2) is 6.10 Å². The summed E-state index contributed by atoms with van der Waals surface area (Å²) in [5, 5.41) is 8.41. The molecule has 0 bridgehead atoms. The van der Waals surface area contributed by atoms with E-state index in [0.29, 0.717) is 11.4 Å². The number of rotatable bonds is 6. The number of carbonyl (C=O) groups is 2. The number of benzene rings is 1. The number of hydrogen-bond acceptors (Lipinski definition) is 5. The SMILES string of the molecule is Cc1ccc(Cn2nc(C)c3cc(C(=O)OC(C)C(=O)NC4CC4)sc32)cc1. The van der Waals surface area contributed by atoms with E-state index in [1.54, 1.807) is 6.92 Å². The van der Waals surface area contributed by atoms with Gasteiger partial charge in [0.25, 0.3) is 5.91 Å². The van der Waals surface area contributed by atoms with Crippen LogP contribution in [0.25, 0.3) is 10.2 Å². The molecule has 7 heteroatoms. The highest BCUT2D eigenvalue weighted by Gasteiger charge is 2.28. The summed E-state index contributed by atoms with van der Waals surface area (Å²) in [5.41, 5.74) is 3.24. The Bertz CT molecular complexity index is 1030. The van der Waals surface area contributed by atoms with Crippen LogP contribution in [-0.4, -0.2) is 33.8 Å². The molecule has 0 spiro atoms. The van der Waals surface area contributed by atoms with E-state index in [0.717, 1.165) is 34.3 Å². The fourth-order valence-electron chi connectivity index (χ4n) is 3.01. The van der Waals surface area contributed by atoms with Gasteiger partial charge in [-0.15, -0.1) is 11.3 Å². The van der Waals surface area contributed by atoms with Crippen molar-refractivity contribution in [2.45, 2.75) is 52.3 Å². The second-order valence-electron chi connectivity index (χ2n) is 7.39. The summed E-state index contributed by atoms with van der Waals surface area (Å²) < 4.78 is 7.28. The van der Waals surface area contributed by atoms with E-state index >= 15 is 0 Å². The maximum Gasteiger partial charge on any atom is 0.349 e. The summed E-state index contributed by atoms with van der Waals surface area (Å²) in [6, 6.07) is 10.4. The highest BCUT2D eigenvalue weighted by Crippen LogP contribution is 2.29. The van der Waals surface area contributed by atoms with Crippen LogP contribution in [0, 0.1) is 13.8 Å². The minimum atomic E-state index is -0.802. The van der Waals surface area contributed by atoms with Crippen LogP contribution in [0.2, 0.25) is 0 Å². The molecule has 1 aromatic carbocycles. The quantitative estimate of drug-likeness (QED) is 0.645. The van der Waals surface area contributed by atoms with Crippen LogP contribution in [0.1, 0.15) is 46.3 Å². The van der Waals surface area contributed by atoms with E-state index in [1.165, 1.54) is 16.9 Å². The normalized spacial score (nSPS) is 14.8. The Morgan fingerprint density at radius 2 is 2.00 bits per heavy atom. The molecule has 1 aliphatic rings. The molecule has 2 aromatic heterocycles. The number of esters is 1. The van der Waals surface area contributed by atoms with Crippen molar-refractivity contribution in [1.29, 1.82) is 0 Å². The smallest absolute Gasteiger partial charge is 0.349 e. The maximum absolute atomic E-state index is 12.5. The Labute approximate surface area is 167 Å². The van der Waals surface area contributed by atoms with Gasteiger partial charge in [-0.1, -0.05) is 29.8 Å². The van der Waals surface area contributed by atoms with Crippen LogP contribution in [0.15, 0.2) is 30.3 Å². The number of aryl methyl sites for hydroxylation is 2. The molecule has 1 atom stereocenters. The van der Waals surface area contributed by atoms with Crippen molar-refractivity contribution in [3.8, 4) is 0 Å². The van der Waals surface area contributed by atoms with Crippen molar-refractivity contribution < 1.29 is 14.3 Å². The van der Waals surface area contributed by atoms with E-state index in [2.05, 4.69) is 41.6 Å². The van der Waals surface area contributed by atoms with Crippen LogP contribution in [0.3, 0.4) is 0 Å². The van der Waals surface area contributed by atoms with Crippen LogP contribution in [-0.2, 0) is 16.1 Å². The number of nitrogens with zero attached hydrogens (tertiary/aromatic N) is 2. The van der Waals surface area contributed by atoms with Gasteiger partial charge in [0.05, 0.1) is 12.2 Å². The average Bonchev–Trinajstić information content (AvgIpc) is 3.27. The Balaban J connectivity index is 1.51. The molecule has 0 radical (unpaired) electrons. The number of aromatic nitrogens is 2. The zero-order valence-corrected chi connectivity index (χ0v) is 17.0. The van der Waals surface area contributed by atoms with Gasteiger partial charge in [-0.05, 0) is 45.2 Å². The van der Waals surface area contributed by atoms with Gasteiger partial charge >= 0.3 is 5.97 Å². The minimum absolute atomic E-state index is 0.237. The minimum Gasteiger partial charge on any atom is -0.448 e. The highest BCUT2D eigenvalue weighted by atomic mass is 32.1. The molecule has 1 fully saturated rings. The highest BCUT2D eigenvalue weighted by molar-refractivity contribution is 7.20. The lowest BCUT2D eigenvalue weighted by molar-refractivity contribution is -0.129. The second-order valence-corrected chi connectivity index (χ2v) is 8.42. The molecule has 0 aliphatic heterocycles. The molecular weight excluding hydrogens is 374 g/mol. The lowest BCUT2D eigenvalue weighted by atomic mass is 10.1. The fraction of sp³-hybridized carbons (Fsp3) is 0.381. The van der Waals surface area contributed by atoms with Gasteiger partial charge in [0.1, 0.15) is 9.71 Å². The Kier molecular flexibility index (Phi) is 4.93. The van der Waals surface area contributed by atoms with Crippen LogP contribution in [0.4, 0.5) is 0 Å². The summed E-state index contributed by atoms with van der Waals surface area (Å²) >= 11 is 1.35. The molecule has 6 nitrogen and oxygen atoms in total. The lowest BCUT2D eigenvalue weighted by Gasteiger charge is -2.12. The zero-order chi connectivity index (χ0) is 19.8. The average molecular weight is 398 g/mol. The molecule has 0 saturated heterocycles. The van der Waals surface area contributed by atoms with E-state index < -0.39 is 12.1 Å². The maximum atomic E-state index is 12.5. The first kappa shape index (κ1) is 18.7. The van der Waals surface area contributed by atoms with Crippen LogP contribution in [0.5, 0.6) is 0 Å². The predicted molar refractivity (Wildman–Crippen MR) is 109 cm³/mol. The topological polar surface area (TPSA) is 73.2 Å². The van der Waals surface area contributed by atoms with E-state index in [-0.39, 0.29) is 11.9 Å². The number of carbonyl (C=O) groups excluding carboxylic acids is 2. The predicted octanol–water partition coefficient (Wildman–Crippen LogP) is 3.59. The van der Waals surface area contributed by atoms with Gasteiger partial charge in [-0.3, -0.25) is 9.48 Å². The van der Waals surface area contributed by atoms with Gasteiger partial charge < -0.3 is 10.1 Å². The summed E-state index contributed by atoms with van der Waals surface area (Å²) in [4.78, 5) is 26.0. The van der Waals surface area contributed by atoms with Gasteiger partial charge in [0, 0.05) is 11.4 Å². The third-order valence-corrected chi connectivity index (χ3v) is 5.97. The summed E-state index contributed by atoms with van der Waals surface area (Å²) in [6.45, 7) is 6.23. The van der Waals surface area contributed by atoms with E-state index in [1.807, 2.05) is 17.7 Å². The number of ether oxygens (including phenoxy) is 1. The first-order chi connectivity index (χ1) is 13.4. The molecular formula is C21H23N3O3S. The Hall–Kier alpha value is -2.67. The first-order valence-corrected chi connectivity index (χ1v) is 10.3. The molecule has 1 aliphatic carbocycles. The molecule has 146 valence electrons. The molecule has 1 unspecified atom stereocenters. The van der Waals surface area contributed by atoms with Crippen molar-refractivity contribution in [3.05, 3.63) is 52.0 Å². The molecule has 2 heterocycles. The molecule has 4 rings (SSSR count). The fourth-order valence-corrected chi connectivity index (χ4v) is 4.05. The Morgan fingerprint density at radius 1 is 1.29 bits per heavy atom.